The van der Waals surface area contributed by atoms with Gasteiger partial charge in [0.2, 0.25) is 11.8 Å². The van der Waals surface area contributed by atoms with Crippen LogP contribution in [0.25, 0.3) is 33.6 Å². The maximum Gasteiger partial charge on any atom is 0.218 e. The Balaban J connectivity index is 1.15. The molecule has 1 unspecified atom stereocenters. The van der Waals surface area contributed by atoms with Gasteiger partial charge in [0.25, 0.3) is 0 Å². The van der Waals surface area contributed by atoms with Gasteiger partial charge in [-0.15, -0.1) is 0 Å². The van der Waals surface area contributed by atoms with Crippen LogP contribution in [-0.2, 0) is 12.8 Å². The van der Waals surface area contributed by atoms with E-state index in [1.54, 1.807) is 14.2 Å². The quantitative estimate of drug-likeness (QED) is 0.245. The number of aromatic nitrogens is 2. The molecular weight excluding hydrogens is 623 g/mol. The Morgan fingerprint density at radius 1 is 0.652 bits per heavy atom. The maximum atomic E-state index is 9.87. The molecule has 10 heteroatoms. The minimum Gasteiger partial charge on any atom is -0.481 e. The normalized spacial score (nSPS) is 21.5. The van der Waals surface area contributed by atoms with Crippen LogP contribution in [0.5, 0.6) is 11.8 Å². The molecule has 2 aromatic heterocycles. The van der Waals surface area contributed by atoms with Crippen LogP contribution in [0.1, 0.15) is 47.2 Å². The summed E-state index contributed by atoms with van der Waals surface area (Å²) in [7, 11) is 3.32. The number of likely N-dealkylation sites (tertiary alicyclic amines) is 2. The molecule has 2 aromatic carbocycles. The molecule has 8 nitrogen and oxygen atoms in total. The third-order valence-electron chi connectivity index (χ3n) is 10.1. The first kappa shape index (κ1) is 30.1. The number of nitrogens with zero attached hydrogens (tertiary/aromatic N) is 4. The average Bonchev–Trinajstić information content (AvgIpc) is 3.65. The van der Waals surface area contributed by atoms with Crippen molar-refractivity contribution in [2.75, 3.05) is 40.4 Å². The van der Waals surface area contributed by atoms with Gasteiger partial charge >= 0.3 is 0 Å². The molecule has 0 saturated carbocycles. The fraction of sp³-hybridized carbons (Fsp3) is 0.389. The maximum absolute atomic E-state index is 9.87. The first-order chi connectivity index (χ1) is 22.3. The van der Waals surface area contributed by atoms with Crippen molar-refractivity contribution in [3.8, 4) is 45.4 Å². The molecule has 0 spiro atoms. The van der Waals surface area contributed by atoms with Gasteiger partial charge in [0.05, 0.1) is 47.9 Å². The first-order valence-electron chi connectivity index (χ1n) is 15.9. The van der Waals surface area contributed by atoms with Crippen LogP contribution < -0.4 is 9.47 Å². The second kappa shape index (κ2) is 11.8. The number of hydrogen-bond donors (Lipinski definition) is 2. The SMILES string of the molecule is COc1nc(-c2cccc(-c3cccc(-c4cc5c(c(OC)n4)[C@@H](N4CC(O)C4)CC5)c3Cl)c2Cl)cc2c1C(N1CC(O)C1)CC2. The summed E-state index contributed by atoms with van der Waals surface area (Å²) in [6.07, 6.45) is 3.27. The van der Waals surface area contributed by atoms with Crippen LogP contribution >= 0.6 is 23.2 Å². The lowest BCUT2D eigenvalue weighted by molar-refractivity contribution is -0.0257. The Morgan fingerprint density at radius 3 is 1.41 bits per heavy atom. The van der Waals surface area contributed by atoms with Crippen molar-refractivity contribution in [2.45, 2.75) is 50.0 Å². The molecule has 2 atom stereocenters. The number of methoxy groups -OCH3 is 2. The summed E-state index contributed by atoms with van der Waals surface area (Å²) in [6.45, 7) is 2.72. The van der Waals surface area contributed by atoms with E-state index in [2.05, 4.69) is 21.9 Å². The number of ether oxygens (including phenoxy) is 2. The van der Waals surface area contributed by atoms with Crippen LogP contribution in [0.15, 0.2) is 48.5 Å². The van der Waals surface area contributed by atoms with E-state index in [9.17, 15) is 10.2 Å². The van der Waals surface area contributed by atoms with E-state index in [1.807, 2.05) is 36.4 Å². The minimum atomic E-state index is -0.256. The van der Waals surface area contributed by atoms with Crippen LogP contribution in [0, 0.1) is 0 Å². The summed E-state index contributed by atoms with van der Waals surface area (Å²) >= 11 is 14.4. The van der Waals surface area contributed by atoms with E-state index in [1.165, 1.54) is 11.1 Å². The van der Waals surface area contributed by atoms with Crippen LogP contribution in [0.3, 0.4) is 0 Å². The van der Waals surface area contributed by atoms with Gasteiger partial charge in [0, 0.05) is 71.6 Å². The van der Waals surface area contributed by atoms with E-state index in [-0.39, 0.29) is 24.3 Å². The Bertz CT molecular complexity index is 1710. The molecule has 238 valence electrons. The lowest BCUT2D eigenvalue weighted by Gasteiger charge is -2.40. The van der Waals surface area contributed by atoms with E-state index in [4.69, 9.17) is 42.6 Å². The summed E-state index contributed by atoms with van der Waals surface area (Å²) in [4.78, 5) is 14.5. The molecule has 4 aromatic rings. The zero-order chi connectivity index (χ0) is 31.7. The van der Waals surface area contributed by atoms with Crippen molar-refractivity contribution in [2.24, 2.45) is 0 Å². The molecule has 4 heterocycles. The summed E-state index contributed by atoms with van der Waals surface area (Å²) in [5.74, 6) is 1.23. The molecule has 0 radical (unpaired) electrons. The van der Waals surface area contributed by atoms with Gasteiger partial charge in [-0.2, -0.15) is 0 Å². The van der Waals surface area contributed by atoms with Crippen molar-refractivity contribution in [3.63, 3.8) is 0 Å². The summed E-state index contributed by atoms with van der Waals surface area (Å²) in [5.41, 5.74) is 9.40. The molecular formula is C36H36Cl2N4O4. The topological polar surface area (TPSA) is 91.2 Å². The molecule has 8 rings (SSSR count). The molecule has 2 saturated heterocycles. The van der Waals surface area contributed by atoms with Crippen molar-refractivity contribution >= 4 is 23.2 Å². The second-order valence-electron chi connectivity index (χ2n) is 12.8. The minimum absolute atomic E-state index is 0.208. The van der Waals surface area contributed by atoms with Crippen molar-refractivity contribution in [1.29, 1.82) is 0 Å². The lowest BCUT2D eigenvalue weighted by atomic mass is 9.96. The number of fused-ring (bicyclic) bond motifs is 2. The van der Waals surface area contributed by atoms with E-state index in [0.717, 1.165) is 70.5 Å². The Labute approximate surface area is 278 Å². The van der Waals surface area contributed by atoms with Crippen molar-refractivity contribution in [3.05, 3.63) is 80.8 Å². The molecule has 0 amide bonds. The number of aryl methyl sites for hydroxylation is 2. The van der Waals surface area contributed by atoms with Gasteiger partial charge in [-0.05, 0) is 48.9 Å². The summed E-state index contributed by atoms with van der Waals surface area (Å²) < 4.78 is 11.6. The smallest absolute Gasteiger partial charge is 0.218 e. The van der Waals surface area contributed by atoms with Gasteiger partial charge in [0.15, 0.2) is 0 Å². The molecule has 46 heavy (non-hydrogen) atoms. The molecule has 0 bridgehead atoms. The van der Waals surface area contributed by atoms with Gasteiger partial charge in [-0.1, -0.05) is 59.6 Å². The van der Waals surface area contributed by atoms with Gasteiger partial charge < -0.3 is 19.7 Å². The third kappa shape index (κ3) is 4.89. The van der Waals surface area contributed by atoms with Crippen LogP contribution in [0.4, 0.5) is 0 Å². The Morgan fingerprint density at radius 2 is 1.04 bits per heavy atom. The zero-order valence-corrected chi connectivity index (χ0v) is 27.4. The fourth-order valence-electron chi connectivity index (χ4n) is 7.84. The van der Waals surface area contributed by atoms with Gasteiger partial charge in [0.1, 0.15) is 0 Å². The predicted octanol–water partition coefficient (Wildman–Crippen LogP) is 6.13. The van der Waals surface area contributed by atoms with E-state index >= 15 is 0 Å². The largest absolute Gasteiger partial charge is 0.481 e. The number of rotatable bonds is 7. The number of hydrogen-bond acceptors (Lipinski definition) is 8. The fourth-order valence-corrected chi connectivity index (χ4v) is 8.49. The highest BCUT2D eigenvalue weighted by atomic mass is 35.5. The van der Waals surface area contributed by atoms with Crippen LogP contribution in [0.2, 0.25) is 10.0 Å². The second-order valence-corrected chi connectivity index (χ2v) is 13.6. The van der Waals surface area contributed by atoms with Gasteiger partial charge in [-0.3, -0.25) is 9.80 Å². The highest BCUT2D eigenvalue weighted by Gasteiger charge is 2.39. The molecule has 2 fully saturated rings. The number of β-amino-alcohol motifs (C(OH)–C–C–N with tert-alkyl or cyclic N) is 2. The number of aliphatic hydroxyl groups excluding tert-OH is 2. The number of pyridine rings is 2. The predicted molar refractivity (Wildman–Crippen MR) is 179 cm³/mol. The molecule has 2 N–H and O–H groups in total. The lowest BCUT2D eigenvalue weighted by Crippen LogP contribution is -2.51. The van der Waals surface area contributed by atoms with Crippen molar-refractivity contribution in [1.82, 2.24) is 19.8 Å². The Kier molecular flexibility index (Phi) is 7.71. The number of halogens is 2. The molecule has 2 aliphatic heterocycles. The highest BCUT2D eigenvalue weighted by molar-refractivity contribution is 6.39. The average molecular weight is 660 g/mol. The highest BCUT2D eigenvalue weighted by Crippen LogP contribution is 2.48. The molecule has 4 aliphatic rings. The zero-order valence-electron chi connectivity index (χ0n) is 25.8. The Hall–Kier alpha value is -3.24. The number of aliphatic hydroxyl groups is 2. The monoisotopic (exact) mass is 658 g/mol. The van der Waals surface area contributed by atoms with E-state index in [0.29, 0.717) is 48.0 Å². The molecule has 2 aliphatic carbocycles. The summed E-state index contributed by atoms with van der Waals surface area (Å²) in [6, 6.07) is 16.6. The first-order valence-corrected chi connectivity index (χ1v) is 16.7. The standard InChI is InChI=1S/C36H36Cl2N4O4/c1-45-35-31-19(9-11-29(31)41-15-21(43)16-41)13-27(39-35)25-7-3-5-23(33(25)37)24-6-4-8-26(34(24)38)28-14-20-10-12-30(42-17-22(44)18-42)32(20)36(40-28)46-2/h3-8,13-14,21-22,29-30,43-44H,9-12,15-18H2,1-2H3/t29-,30?/m0/s1. The van der Waals surface area contributed by atoms with Crippen LogP contribution in [-0.4, -0.2) is 82.6 Å². The van der Waals surface area contributed by atoms with E-state index < -0.39 is 0 Å². The van der Waals surface area contributed by atoms with Crippen molar-refractivity contribution < 1.29 is 19.7 Å². The van der Waals surface area contributed by atoms with Gasteiger partial charge in [-0.25, -0.2) is 9.97 Å². The summed E-state index contributed by atoms with van der Waals surface area (Å²) in [5, 5.41) is 20.9. The number of benzene rings is 2. The third-order valence-corrected chi connectivity index (χ3v) is 11.0.